The lowest BCUT2D eigenvalue weighted by Gasteiger charge is -2.40. The zero-order valence-electron chi connectivity index (χ0n) is 14.2. The van der Waals surface area contributed by atoms with Gasteiger partial charge in [0, 0.05) is 0 Å². The quantitative estimate of drug-likeness (QED) is 0.215. The van der Waals surface area contributed by atoms with Crippen LogP contribution in [-0.2, 0) is 43.2 Å². The van der Waals surface area contributed by atoms with Crippen LogP contribution < -0.4 is 16.5 Å². The molecule has 0 radical (unpaired) electrons. The second-order valence-corrected chi connectivity index (χ2v) is 7.49. The average molecular weight is 431 g/mol. The molecule has 8 atom stereocenters. The summed E-state index contributed by atoms with van der Waals surface area (Å²) < 4.78 is 50.7. The number of carbonyl (C=O) groups is 1. The van der Waals surface area contributed by atoms with Crippen LogP contribution >= 0.6 is 0 Å². The van der Waals surface area contributed by atoms with Crippen LogP contribution in [0.1, 0.15) is 0 Å². The number of aliphatic hydroxyl groups excluding tert-OH is 3. The molecule has 3 heterocycles. The fourth-order valence-electron chi connectivity index (χ4n) is 2.98. The van der Waals surface area contributed by atoms with E-state index < -0.39 is 71.2 Å². The molecule has 2 bridgehead atoms. The van der Waals surface area contributed by atoms with Crippen molar-refractivity contribution in [1.82, 2.24) is 4.72 Å². The Labute approximate surface area is 157 Å². The third kappa shape index (κ3) is 4.11. The van der Waals surface area contributed by atoms with Gasteiger partial charge in [-0.05, 0) is 6.08 Å². The summed E-state index contributed by atoms with van der Waals surface area (Å²) in [5.41, 5.74) is 0. The molecule has 2 saturated heterocycles. The molecule has 16 heteroatoms. The molecule has 0 aromatic rings. The zero-order chi connectivity index (χ0) is 20.6. The molecule has 3 rings (SSSR count). The SMILES string of the molecule is [NH3+]OC(=O)C1=CC(O)C(O)C(OC2C3COC(O3)C(NS(=O)(=O)O[NH3+])C2O)O1. The van der Waals surface area contributed by atoms with Gasteiger partial charge in [-0.1, -0.05) is 4.28 Å². The van der Waals surface area contributed by atoms with Crippen molar-refractivity contribution >= 4 is 16.3 Å². The van der Waals surface area contributed by atoms with Gasteiger partial charge in [-0.3, -0.25) is 4.84 Å². The Kier molecular flexibility index (Phi) is 6.17. The fourth-order valence-corrected chi connectivity index (χ4v) is 3.63. The van der Waals surface area contributed by atoms with E-state index in [0.29, 0.717) is 0 Å². The van der Waals surface area contributed by atoms with Gasteiger partial charge in [0.15, 0.2) is 6.29 Å². The smallest absolute Gasteiger partial charge is 0.431 e. The predicted octanol–water partition coefficient (Wildman–Crippen LogP) is -6.47. The van der Waals surface area contributed by atoms with E-state index in [1.807, 2.05) is 4.72 Å². The molecule has 0 saturated carbocycles. The third-order valence-electron chi connectivity index (χ3n) is 4.35. The van der Waals surface area contributed by atoms with E-state index >= 15 is 0 Å². The molecule has 2 fully saturated rings. The highest BCUT2D eigenvalue weighted by Gasteiger charge is 2.54. The number of hydrogen-bond acceptors (Lipinski definition) is 12. The van der Waals surface area contributed by atoms with E-state index in [2.05, 4.69) is 20.9 Å². The monoisotopic (exact) mass is 431 g/mol. The first-order valence-corrected chi connectivity index (χ1v) is 9.35. The molecule has 0 aliphatic carbocycles. The van der Waals surface area contributed by atoms with E-state index in [-0.39, 0.29) is 6.61 Å². The molecule has 0 aromatic carbocycles. The summed E-state index contributed by atoms with van der Waals surface area (Å²) >= 11 is 0. The van der Waals surface area contributed by atoms with Crippen molar-refractivity contribution in [2.75, 3.05) is 6.61 Å². The summed E-state index contributed by atoms with van der Waals surface area (Å²) in [6.07, 6.45) is -8.65. The molecular weight excluding hydrogens is 410 g/mol. The van der Waals surface area contributed by atoms with Crippen LogP contribution in [0.25, 0.3) is 0 Å². The Morgan fingerprint density at radius 1 is 1.25 bits per heavy atom. The normalized spacial score (nSPS) is 40.5. The highest BCUT2D eigenvalue weighted by Crippen LogP contribution is 2.33. The van der Waals surface area contributed by atoms with Crippen LogP contribution in [0.2, 0.25) is 0 Å². The molecule has 0 amide bonds. The minimum Gasteiger partial charge on any atom is -0.454 e. The fraction of sp³-hybridized carbons (Fsp3) is 0.750. The summed E-state index contributed by atoms with van der Waals surface area (Å²) in [5, 5.41) is 30.5. The van der Waals surface area contributed by atoms with Crippen molar-refractivity contribution in [2.24, 2.45) is 0 Å². The van der Waals surface area contributed by atoms with Gasteiger partial charge in [-0.15, -0.1) is 0 Å². The molecule has 3 aliphatic rings. The number of rotatable bonds is 6. The Bertz CT molecular complexity index is 731. The maximum atomic E-state index is 11.6. The largest absolute Gasteiger partial charge is 0.454 e. The van der Waals surface area contributed by atoms with Gasteiger partial charge in [0.05, 0.1) is 6.61 Å². The summed E-state index contributed by atoms with van der Waals surface area (Å²) in [6.45, 7) is -0.0646. The van der Waals surface area contributed by atoms with Crippen molar-refractivity contribution in [3.05, 3.63) is 11.8 Å². The minimum atomic E-state index is -4.31. The number of quaternary nitrogens is 2. The molecule has 15 nitrogen and oxygen atoms in total. The van der Waals surface area contributed by atoms with Crippen molar-refractivity contribution in [1.29, 1.82) is 0 Å². The highest BCUT2D eigenvalue weighted by atomic mass is 32.2. The molecule has 28 heavy (non-hydrogen) atoms. The molecule has 160 valence electrons. The topological polar surface area (TPSA) is 235 Å². The van der Waals surface area contributed by atoms with Gasteiger partial charge in [0.25, 0.3) is 0 Å². The highest BCUT2D eigenvalue weighted by molar-refractivity contribution is 7.84. The van der Waals surface area contributed by atoms with Gasteiger partial charge >= 0.3 is 16.3 Å². The van der Waals surface area contributed by atoms with Gasteiger partial charge in [-0.2, -0.15) is 24.9 Å². The number of fused-ring (bicyclic) bond motifs is 2. The first-order valence-electron chi connectivity index (χ1n) is 7.94. The molecule has 0 aromatic heterocycles. The Balaban J connectivity index is 1.77. The van der Waals surface area contributed by atoms with Crippen molar-refractivity contribution in [2.45, 2.75) is 49.1 Å². The van der Waals surface area contributed by atoms with Crippen molar-refractivity contribution in [3.63, 3.8) is 0 Å². The minimum absolute atomic E-state index is 0.0646. The Hall–Kier alpha value is -1.44. The predicted molar refractivity (Wildman–Crippen MR) is 79.3 cm³/mol. The van der Waals surface area contributed by atoms with E-state index in [0.717, 1.165) is 6.08 Å². The van der Waals surface area contributed by atoms with Crippen LogP contribution in [0.5, 0.6) is 0 Å². The first kappa shape index (κ1) is 21.3. The third-order valence-corrected chi connectivity index (χ3v) is 5.22. The lowest BCUT2D eigenvalue weighted by molar-refractivity contribution is -0.656. The lowest BCUT2D eigenvalue weighted by Crippen LogP contribution is -2.64. The first-order chi connectivity index (χ1) is 13.2. The van der Waals surface area contributed by atoms with E-state index in [1.54, 1.807) is 0 Å². The van der Waals surface area contributed by atoms with E-state index in [4.69, 9.17) is 18.9 Å². The van der Waals surface area contributed by atoms with Crippen LogP contribution in [0.4, 0.5) is 0 Å². The van der Waals surface area contributed by atoms with Gasteiger partial charge in [0.2, 0.25) is 12.0 Å². The number of carbonyl (C=O) groups excluding carboxylic acids is 1. The van der Waals surface area contributed by atoms with Crippen LogP contribution in [0, 0.1) is 0 Å². The second kappa shape index (κ2) is 8.13. The maximum absolute atomic E-state index is 11.6. The van der Waals surface area contributed by atoms with Gasteiger partial charge < -0.3 is 34.3 Å². The Morgan fingerprint density at radius 2 is 1.96 bits per heavy atom. The second-order valence-electron chi connectivity index (χ2n) is 6.11. The number of hydrogen-bond donors (Lipinski definition) is 6. The molecule has 10 N–H and O–H groups in total. The summed E-state index contributed by atoms with van der Waals surface area (Å²) in [5.74, 6) is 4.23. The van der Waals surface area contributed by atoms with Crippen molar-refractivity contribution in [3.8, 4) is 0 Å². The molecule has 3 aliphatic heterocycles. The number of nitrogens with one attached hydrogen (secondary N) is 1. The van der Waals surface area contributed by atoms with E-state index in [1.165, 1.54) is 0 Å². The van der Waals surface area contributed by atoms with Crippen LogP contribution in [0.15, 0.2) is 11.8 Å². The maximum Gasteiger partial charge on any atom is 0.431 e. The molecule has 8 unspecified atom stereocenters. The van der Waals surface area contributed by atoms with Gasteiger partial charge in [0.1, 0.15) is 36.6 Å². The zero-order valence-corrected chi connectivity index (χ0v) is 15.1. The number of ether oxygens (including phenoxy) is 4. The van der Waals surface area contributed by atoms with Crippen molar-refractivity contribution < 1.29 is 68.4 Å². The average Bonchev–Trinajstić information content (AvgIpc) is 3.11. The van der Waals surface area contributed by atoms with E-state index in [9.17, 15) is 28.5 Å². The summed E-state index contributed by atoms with van der Waals surface area (Å²) in [7, 11) is -4.31. The van der Waals surface area contributed by atoms with Crippen LogP contribution in [-0.4, -0.2) is 85.5 Å². The standard InChI is InChI=1S/C12H21N3O12S/c13-26-10(19)4-1-3(16)7(17)12(23-4)25-9-5-2-22-11(24-5)6(8(9)18)15-28(20,21)27-14/h1,3,5-9,11-12,15-18H,2H2,13-14H3/q+2. The lowest BCUT2D eigenvalue weighted by atomic mass is 9.99. The molecule has 0 spiro atoms. The van der Waals surface area contributed by atoms with Crippen LogP contribution in [0.3, 0.4) is 0 Å². The van der Waals surface area contributed by atoms with Gasteiger partial charge in [-0.25, -0.2) is 4.79 Å². The summed E-state index contributed by atoms with van der Waals surface area (Å²) in [6, 6.07) is -1.33. The number of aliphatic hydroxyl groups is 3. The Morgan fingerprint density at radius 3 is 2.61 bits per heavy atom. The molecular formula is C12H21N3O12S+2. The summed E-state index contributed by atoms with van der Waals surface area (Å²) in [4.78, 5) is 15.8.